The van der Waals surface area contributed by atoms with Crippen LogP contribution in [0.4, 0.5) is 5.82 Å². The summed E-state index contributed by atoms with van der Waals surface area (Å²) in [6, 6.07) is 4.65. The van der Waals surface area contributed by atoms with Crippen molar-refractivity contribution in [2.75, 3.05) is 25.0 Å². The van der Waals surface area contributed by atoms with Gasteiger partial charge in [-0.2, -0.15) is 5.10 Å². The van der Waals surface area contributed by atoms with Crippen molar-refractivity contribution in [2.24, 2.45) is 0 Å². The fraction of sp³-hybridized carbons (Fsp3) is 0.533. The van der Waals surface area contributed by atoms with Gasteiger partial charge >= 0.3 is 0 Å². The molecule has 1 aliphatic rings. The van der Waals surface area contributed by atoms with Crippen molar-refractivity contribution < 1.29 is 0 Å². The molecule has 3 rings (SSSR count). The van der Waals surface area contributed by atoms with E-state index in [2.05, 4.69) is 43.1 Å². The Morgan fingerprint density at radius 1 is 1.38 bits per heavy atom. The lowest BCUT2D eigenvalue weighted by molar-refractivity contribution is 0.201. The Balaban J connectivity index is 1.53. The number of aromatic nitrogens is 4. The van der Waals surface area contributed by atoms with Crippen LogP contribution in [0.25, 0.3) is 0 Å². The molecule has 2 aromatic heterocycles. The van der Waals surface area contributed by atoms with Gasteiger partial charge in [-0.1, -0.05) is 0 Å². The summed E-state index contributed by atoms with van der Waals surface area (Å²) in [6.07, 6.45) is 5.72. The van der Waals surface area contributed by atoms with E-state index in [-0.39, 0.29) is 0 Å². The van der Waals surface area contributed by atoms with Gasteiger partial charge in [-0.25, -0.2) is 9.97 Å². The first kappa shape index (κ1) is 14.0. The molecule has 1 N–H and O–H groups in total. The Morgan fingerprint density at radius 2 is 2.19 bits per heavy atom. The Morgan fingerprint density at radius 3 is 2.81 bits per heavy atom. The summed E-state index contributed by atoms with van der Waals surface area (Å²) in [5, 5.41) is 7.33. The van der Waals surface area contributed by atoms with Crippen molar-refractivity contribution in [3.63, 3.8) is 0 Å². The van der Waals surface area contributed by atoms with E-state index in [9.17, 15) is 0 Å². The van der Waals surface area contributed by atoms with Crippen LogP contribution in [-0.4, -0.2) is 51.2 Å². The Hall–Kier alpha value is -1.95. The van der Waals surface area contributed by atoms with Crippen molar-refractivity contribution in [3.05, 3.63) is 36.0 Å². The maximum atomic E-state index is 4.33. The maximum absolute atomic E-state index is 4.33. The van der Waals surface area contributed by atoms with Crippen molar-refractivity contribution >= 4 is 5.82 Å². The third-order valence-electron chi connectivity index (χ3n) is 4.18. The molecule has 0 aromatic carbocycles. The van der Waals surface area contributed by atoms with E-state index < -0.39 is 0 Å². The third-order valence-corrected chi connectivity index (χ3v) is 4.18. The molecule has 0 atom stereocenters. The molecule has 112 valence electrons. The number of hydrogen-bond acceptors (Lipinski definition) is 5. The number of aromatic amines is 1. The second-order valence-electron chi connectivity index (χ2n) is 5.73. The highest BCUT2D eigenvalue weighted by Gasteiger charge is 2.23. The Bertz CT molecular complexity index is 559. The molecule has 6 heteroatoms. The third kappa shape index (κ3) is 3.39. The molecule has 21 heavy (non-hydrogen) atoms. The number of anilines is 1. The number of hydrogen-bond donors (Lipinski definition) is 1. The molecule has 6 nitrogen and oxygen atoms in total. The zero-order chi connectivity index (χ0) is 14.7. The molecule has 0 aliphatic carbocycles. The van der Waals surface area contributed by atoms with Crippen LogP contribution in [-0.2, 0) is 6.54 Å². The van der Waals surface area contributed by atoms with Gasteiger partial charge in [0.15, 0.2) is 0 Å². The summed E-state index contributed by atoms with van der Waals surface area (Å²) in [7, 11) is 2.12. The van der Waals surface area contributed by atoms with E-state index in [1.807, 2.05) is 13.0 Å². The summed E-state index contributed by atoms with van der Waals surface area (Å²) < 4.78 is 0. The highest BCUT2D eigenvalue weighted by atomic mass is 15.2. The maximum Gasteiger partial charge on any atom is 0.131 e. The van der Waals surface area contributed by atoms with Crippen molar-refractivity contribution in [2.45, 2.75) is 32.4 Å². The minimum absolute atomic E-state index is 0.553. The van der Waals surface area contributed by atoms with Crippen LogP contribution >= 0.6 is 0 Å². The van der Waals surface area contributed by atoms with Crippen LogP contribution in [0.5, 0.6) is 0 Å². The zero-order valence-corrected chi connectivity index (χ0v) is 12.7. The molecular weight excluding hydrogens is 264 g/mol. The molecule has 0 bridgehead atoms. The summed E-state index contributed by atoms with van der Waals surface area (Å²) >= 11 is 0. The number of nitrogens with zero attached hydrogens (tertiary/aromatic N) is 5. The fourth-order valence-corrected chi connectivity index (χ4v) is 2.93. The van der Waals surface area contributed by atoms with E-state index in [4.69, 9.17) is 0 Å². The summed E-state index contributed by atoms with van der Waals surface area (Å²) in [4.78, 5) is 13.1. The largest absolute Gasteiger partial charge is 0.356 e. The van der Waals surface area contributed by atoms with Crippen molar-refractivity contribution in [3.8, 4) is 0 Å². The highest BCUT2D eigenvalue weighted by molar-refractivity contribution is 5.36. The van der Waals surface area contributed by atoms with Gasteiger partial charge in [0.2, 0.25) is 0 Å². The summed E-state index contributed by atoms with van der Waals surface area (Å²) in [6.45, 7) is 5.19. The first-order chi connectivity index (χ1) is 10.2. The lowest BCUT2D eigenvalue weighted by Gasteiger charge is -2.36. The predicted octanol–water partition coefficient (Wildman–Crippen LogP) is 1.61. The van der Waals surface area contributed by atoms with Crippen LogP contribution in [0, 0.1) is 6.92 Å². The molecule has 1 saturated heterocycles. The minimum Gasteiger partial charge on any atom is -0.356 e. The van der Waals surface area contributed by atoms with Gasteiger partial charge in [0.05, 0.1) is 5.69 Å². The Labute approximate surface area is 125 Å². The van der Waals surface area contributed by atoms with Gasteiger partial charge in [0.1, 0.15) is 12.1 Å². The zero-order valence-electron chi connectivity index (χ0n) is 12.7. The second kappa shape index (κ2) is 6.22. The molecule has 1 aliphatic heterocycles. The van der Waals surface area contributed by atoms with Crippen LogP contribution in [0.3, 0.4) is 0 Å². The average molecular weight is 286 g/mol. The first-order valence-electron chi connectivity index (χ1n) is 7.44. The molecule has 3 heterocycles. The topological polar surface area (TPSA) is 60.9 Å². The van der Waals surface area contributed by atoms with Gasteiger partial charge in [-0.15, -0.1) is 0 Å². The fourth-order valence-electron chi connectivity index (χ4n) is 2.93. The van der Waals surface area contributed by atoms with Crippen LogP contribution in [0.2, 0.25) is 0 Å². The number of aryl methyl sites for hydroxylation is 1. The monoisotopic (exact) mass is 286 g/mol. The van der Waals surface area contributed by atoms with Crippen molar-refractivity contribution in [1.29, 1.82) is 0 Å². The summed E-state index contributed by atoms with van der Waals surface area (Å²) in [5.41, 5.74) is 2.26. The molecule has 0 radical (unpaired) electrons. The SMILES string of the molecule is Cc1cc(CN2CCC(N(C)c3ccncn3)CC2)n[nH]1. The average Bonchev–Trinajstić information content (AvgIpc) is 2.93. The Kier molecular flexibility index (Phi) is 4.15. The lowest BCUT2D eigenvalue weighted by Crippen LogP contribution is -2.43. The van der Waals surface area contributed by atoms with Gasteiger partial charge in [0.25, 0.3) is 0 Å². The number of nitrogens with one attached hydrogen (secondary N) is 1. The molecule has 0 amide bonds. The van der Waals surface area contributed by atoms with E-state index in [1.54, 1.807) is 12.5 Å². The number of H-pyrrole nitrogens is 1. The lowest BCUT2D eigenvalue weighted by atomic mass is 10.0. The van der Waals surface area contributed by atoms with Crippen molar-refractivity contribution in [1.82, 2.24) is 25.1 Å². The molecule has 0 unspecified atom stereocenters. The standard InChI is InChI=1S/C15H22N6/c1-12-9-13(19-18-12)10-21-7-4-14(5-8-21)20(2)15-3-6-16-11-17-15/h3,6,9,11,14H,4-5,7-8,10H2,1-2H3,(H,18,19). The quantitative estimate of drug-likeness (QED) is 0.925. The van der Waals surface area contributed by atoms with Gasteiger partial charge in [-0.05, 0) is 31.9 Å². The first-order valence-corrected chi connectivity index (χ1v) is 7.44. The highest BCUT2D eigenvalue weighted by Crippen LogP contribution is 2.20. The minimum atomic E-state index is 0.553. The molecule has 0 spiro atoms. The van der Waals surface area contributed by atoms with Gasteiger partial charge < -0.3 is 4.90 Å². The number of rotatable bonds is 4. The van der Waals surface area contributed by atoms with Gasteiger partial charge in [-0.3, -0.25) is 10.00 Å². The number of piperidine rings is 1. The molecule has 1 fully saturated rings. The molecule has 0 saturated carbocycles. The van der Waals surface area contributed by atoms with E-state index >= 15 is 0 Å². The van der Waals surface area contributed by atoms with E-state index in [0.717, 1.165) is 49.7 Å². The predicted molar refractivity (Wildman–Crippen MR) is 82.1 cm³/mol. The smallest absolute Gasteiger partial charge is 0.131 e. The second-order valence-corrected chi connectivity index (χ2v) is 5.73. The van der Waals surface area contributed by atoms with Crippen LogP contribution in [0.1, 0.15) is 24.2 Å². The van der Waals surface area contributed by atoms with Crippen LogP contribution in [0.15, 0.2) is 24.7 Å². The summed E-state index contributed by atoms with van der Waals surface area (Å²) in [5.74, 6) is 1.01. The van der Waals surface area contributed by atoms with Crippen LogP contribution < -0.4 is 4.90 Å². The molecular formula is C15H22N6. The molecule has 2 aromatic rings. The van der Waals surface area contributed by atoms with E-state index in [0.29, 0.717) is 6.04 Å². The van der Waals surface area contributed by atoms with E-state index in [1.165, 1.54) is 0 Å². The number of likely N-dealkylation sites (tertiary alicyclic amines) is 1. The normalized spacial score (nSPS) is 17.0. The van der Waals surface area contributed by atoms with Gasteiger partial charge in [0, 0.05) is 44.6 Å².